The van der Waals surface area contributed by atoms with Gasteiger partial charge in [-0.3, -0.25) is 44.1 Å². The molecule has 3 aromatic heterocycles. The van der Waals surface area contributed by atoms with Crippen LogP contribution in [0.4, 0.5) is 22.9 Å². The van der Waals surface area contributed by atoms with Crippen LogP contribution >= 0.6 is 0 Å². The van der Waals surface area contributed by atoms with Crippen molar-refractivity contribution < 1.29 is 28.8 Å². The van der Waals surface area contributed by atoms with E-state index in [0.29, 0.717) is 80.6 Å². The number of benzene rings is 2. The van der Waals surface area contributed by atoms with Crippen molar-refractivity contribution in [2.45, 2.75) is 44.8 Å². The molecule has 2 fully saturated rings. The van der Waals surface area contributed by atoms with Crippen LogP contribution < -0.4 is 26.6 Å². The van der Waals surface area contributed by atoms with Gasteiger partial charge in [-0.2, -0.15) is 5.10 Å². The maximum atomic E-state index is 13.1. The number of hydrogen-bond acceptors (Lipinski definition) is 12. The van der Waals surface area contributed by atoms with Gasteiger partial charge < -0.3 is 36.1 Å². The Labute approximate surface area is 337 Å². The number of imide groups is 1. The lowest BCUT2D eigenvalue weighted by Gasteiger charge is -2.34. The van der Waals surface area contributed by atoms with Crippen molar-refractivity contribution in [3.63, 3.8) is 0 Å². The van der Waals surface area contributed by atoms with Crippen LogP contribution in [0.3, 0.4) is 0 Å². The zero-order chi connectivity index (χ0) is 40.9. The summed E-state index contributed by atoms with van der Waals surface area (Å²) in [6, 6.07) is 14.1. The van der Waals surface area contributed by atoms with E-state index < -0.39 is 11.9 Å². The number of aromatic amines is 2. The number of H-pyrrole nitrogens is 2. The zero-order valence-corrected chi connectivity index (χ0v) is 32.0. The van der Waals surface area contributed by atoms with E-state index in [2.05, 4.69) is 56.6 Å². The molecule has 19 nitrogen and oxygen atoms in total. The summed E-state index contributed by atoms with van der Waals surface area (Å²) in [6.45, 7) is 4.17. The van der Waals surface area contributed by atoms with Crippen molar-refractivity contribution in [2.75, 3.05) is 55.2 Å². The van der Waals surface area contributed by atoms with E-state index in [1.807, 2.05) is 36.4 Å². The number of aromatic nitrogens is 5. The minimum atomic E-state index is -0.693. The molecular weight excluding hydrogens is 759 g/mol. The molecule has 19 heteroatoms. The summed E-state index contributed by atoms with van der Waals surface area (Å²) < 4.78 is 0. The third-order valence-corrected chi connectivity index (χ3v) is 10.7. The fourth-order valence-electron chi connectivity index (χ4n) is 7.57. The number of anilines is 4. The molecule has 0 bridgehead atoms. The number of carbonyl (C=O) groups is 6. The van der Waals surface area contributed by atoms with Gasteiger partial charge in [0.05, 0.1) is 17.3 Å². The summed E-state index contributed by atoms with van der Waals surface area (Å²) in [5.74, 6) is -1.14. The van der Waals surface area contributed by atoms with E-state index >= 15 is 0 Å². The molecule has 304 valence electrons. The van der Waals surface area contributed by atoms with E-state index in [4.69, 9.17) is 0 Å². The highest BCUT2D eigenvalue weighted by atomic mass is 16.2. The van der Waals surface area contributed by atoms with Gasteiger partial charge in [-0.25, -0.2) is 9.97 Å². The molecule has 3 aliphatic rings. The van der Waals surface area contributed by atoms with E-state index in [9.17, 15) is 28.8 Å². The van der Waals surface area contributed by atoms with Crippen LogP contribution in [0.2, 0.25) is 0 Å². The summed E-state index contributed by atoms with van der Waals surface area (Å²) in [5.41, 5.74) is 5.11. The molecule has 7 N–H and O–H groups in total. The molecule has 2 aromatic carbocycles. The molecule has 1 atom stereocenters. The van der Waals surface area contributed by atoms with Crippen molar-refractivity contribution in [1.82, 2.24) is 50.5 Å². The van der Waals surface area contributed by atoms with Crippen LogP contribution in [0, 0.1) is 0 Å². The minimum absolute atomic E-state index is 0.0616. The van der Waals surface area contributed by atoms with Crippen molar-refractivity contribution in [1.29, 1.82) is 0 Å². The Morgan fingerprint density at radius 2 is 1.73 bits per heavy atom. The highest BCUT2D eigenvalue weighted by Gasteiger charge is 2.39. The fraction of sp³-hybridized carbons (Fsp3) is 0.325. The molecule has 5 aromatic rings. The van der Waals surface area contributed by atoms with Gasteiger partial charge in [0.1, 0.15) is 29.5 Å². The summed E-state index contributed by atoms with van der Waals surface area (Å²) >= 11 is 0. The van der Waals surface area contributed by atoms with Crippen LogP contribution in [0.25, 0.3) is 11.0 Å². The first-order chi connectivity index (χ1) is 28.7. The lowest BCUT2D eigenvalue weighted by atomic mass is 10.0. The minimum Gasteiger partial charge on any atom is -0.383 e. The molecule has 0 saturated carbocycles. The van der Waals surface area contributed by atoms with Crippen molar-refractivity contribution in [3.05, 3.63) is 89.6 Å². The molecule has 3 aliphatic heterocycles. The van der Waals surface area contributed by atoms with Gasteiger partial charge in [0.2, 0.25) is 23.6 Å². The molecular formula is C40H43N13O6. The van der Waals surface area contributed by atoms with Gasteiger partial charge in [-0.05, 0) is 42.3 Å². The van der Waals surface area contributed by atoms with E-state index in [1.54, 1.807) is 23.2 Å². The average molecular weight is 802 g/mol. The SMILES string of the molecule is O=C(CCC(=O)N1CCN(Cc2ccc(NC(=O)c3[nH]ncc3Nc3ncnc4[nH]ccc34)cc2)CC1)NCCNc1cccc2c1CN(C1CCC(=O)NC1=O)C2=O. The molecule has 2 saturated heterocycles. The number of piperidine rings is 1. The highest BCUT2D eigenvalue weighted by Crippen LogP contribution is 2.32. The number of nitrogens with zero attached hydrogens (tertiary/aromatic N) is 6. The standard InChI is InChI=1S/C40H43N13O6/c54-32(42-15-14-41-29-3-1-2-26-28(29)22-53(40(26)59)31-8-9-33(55)49-38(31)57)10-11-34(56)52-18-16-51(17-19-52)21-24-4-6-25(7-5-24)47-39(58)35-30(20-46-50-35)48-37-27-12-13-43-36(27)44-23-45-37/h1-7,12-13,20,23,31,41H,8-11,14-19,21-22H2,(H,42,54)(H,46,50)(H,47,58)(H,49,55,57)(H2,43,44,45,48). The predicted molar refractivity (Wildman–Crippen MR) is 215 cm³/mol. The molecule has 59 heavy (non-hydrogen) atoms. The van der Waals surface area contributed by atoms with Gasteiger partial charge in [0.25, 0.3) is 11.8 Å². The average Bonchev–Trinajstić information content (AvgIpc) is 4.00. The Hall–Kier alpha value is -7.15. The lowest BCUT2D eigenvalue weighted by molar-refractivity contribution is -0.137. The lowest BCUT2D eigenvalue weighted by Crippen LogP contribution is -2.52. The Morgan fingerprint density at radius 3 is 2.54 bits per heavy atom. The first-order valence-electron chi connectivity index (χ1n) is 19.5. The summed E-state index contributed by atoms with van der Waals surface area (Å²) in [5, 5.41) is 22.1. The second kappa shape index (κ2) is 17.1. The maximum Gasteiger partial charge on any atom is 0.275 e. The van der Waals surface area contributed by atoms with Crippen LogP contribution in [0.1, 0.15) is 57.7 Å². The summed E-state index contributed by atoms with van der Waals surface area (Å²) in [7, 11) is 0. The van der Waals surface area contributed by atoms with Crippen LogP contribution in [-0.4, -0.2) is 121 Å². The largest absolute Gasteiger partial charge is 0.383 e. The topological polar surface area (TPSA) is 243 Å². The van der Waals surface area contributed by atoms with Crippen LogP contribution in [-0.2, 0) is 32.3 Å². The number of hydrogen-bond donors (Lipinski definition) is 7. The first-order valence-corrected chi connectivity index (χ1v) is 19.5. The number of amides is 6. The highest BCUT2D eigenvalue weighted by molar-refractivity contribution is 6.08. The van der Waals surface area contributed by atoms with E-state index in [0.717, 1.165) is 22.2 Å². The van der Waals surface area contributed by atoms with E-state index in [1.165, 1.54) is 17.4 Å². The van der Waals surface area contributed by atoms with Crippen molar-refractivity contribution in [3.8, 4) is 0 Å². The van der Waals surface area contributed by atoms with Gasteiger partial charge in [-0.15, -0.1) is 0 Å². The Balaban J connectivity index is 0.724. The Kier molecular flexibility index (Phi) is 11.2. The van der Waals surface area contributed by atoms with Crippen LogP contribution in [0.5, 0.6) is 0 Å². The van der Waals surface area contributed by atoms with Gasteiger partial charge in [-0.1, -0.05) is 18.2 Å². The quantitative estimate of drug-likeness (QED) is 0.0631. The Morgan fingerprint density at radius 1 is 0.898 bits per heavy atom. The van der Waals surface area contributed by atoms with Gasteiger partial charge >= 0.3 is 0 Å². The molecule has 0 aliphatic carbocycles. The number of rotatable bonds is 14. The number of piperazine rings is 1. The maximum absolute atomic E-state index is 13.1. The Bertz CT molecular complexity index is 2400. The van der Waals surface area contributed by atoms with E-state index in [-0.39, 0.29) is 61.0 Å². The normalized spacial score (nSPS) is 16.8. The second-order valence-corrected chi connectivity index (χ2v) is 14.6. The zero-order valence-electron chi connectivity index (χ0n) is 32.0. The summed E-state index contributed by atoms with van der Waals surface area (Å²) in [4.78, 5) is 92.8. The molecule has 6 amide bonds. The fourth-order valence-corrected chi connectivity index (χ4v) is 7.57. The third kappa shape index (κ3) is 8.74. The third-order valence-electron chi connectivity index (χ3n) is 10.7. The number of fused-ring (bicyclic) bond motifs is 2. The second-order valence-electron chi connectivity index (χ2n) is 14.6. The monoisotopic (exact) mass is 801 g/mol. The molecule has 0 spiro atoms. The number of nitrogens with one attached hydrogen (secondary N) is 7. The molecule has 8 rings (SSSR count). The summed E-state index contributed by atoms with van der Waals surface area (Å²) in [6.07, 6.45) is 5.39. The van der Waals surface area contributed by atoms with Crippen molar-refractivity contribution in [2.24, 2.45) is 0 Å². The van der Waals surface area contributed by atoms with Crippen molar-refractivity contribution >= 4 is 69.4 Å². The van der Waals surface area contributed by atoms with Gasteiger partial charge in [0, 0.05) is 100 Å². The molecule has 1 unspecified atom stereocenters. The van der Waals surface area contributed by atoms with Gasteiger partial charge in [0.15, 0.2) is 0 Å². The predicted octanol–water partition coefficient (Wildman–Crippen LogP) is 2.09. The smallest absolute Gasteiger partial charge is 0.275 e. The molecule has 6 heterocycles. The molecule has 0 radical (unpaired) electrons. The van der Waals surface area contributed by atoms with Crippen LogP contribution in [0.15, 0.2) is 67.3 Å². The first kappa shape index (κ1) is 38.7. The number of carbonyl (C=O) groups excluding carboxylic acids is 6.